The van der Waals surface area contributed by atoms with Crippen molar-refractivity contribution in [3.05, 3.63) is 31.0 Å². The molecule has 14 heavy (non-hydrogen) atoms. The molecule has 0 aliphatic rings. The van der Waals surface area contributed by atoms with Crippen molar-refractivity contribution in [2.75, 3.05) is 5.32 Å². The fraction of sp³-hybridized carbons (Fsp3) is 0.222. The van der Waals surface area contributed by atoms with Crippen LogP contribution in [0.3, 0.4) is 0 Å². The molecule has 1 aromatic heterocycles. The lowest BCUT2D eigenvalue weighted by Gasteiger charge is -2.08. The van der Waals surface area contributed by atoms with Gasteiger partial charge in [0.1, 0.15) is 0 Å². The largest absolute Gasteiger partial charge is 0.320 e. The van der Waals surface area contributed by atoms with Gasteiger partial charge >= 0.3 is 0 Å². The molecule has 3 N–H and O–H groups in total. The van der Waals surface area contributed by atoms with Crippen LogP contribution in [0.2, 0.25) is 0 Å². The fourth-order valence-corrected chi connectivity index (χ4v) is 0.874. The van der Waals surface area contributed by atoms with E-state index in [9.17, 15) is 4.79 Å². The Kier molecular flexibility index (Phi) is 3.75. The van der Waals surface area contributed by atoms with Crippen molar-refractivity contribution in [2.45, 2.75) is 12.5 Å². The molecular formula is C9H12N4O. The SMILES string of the molecule is C=CCC(N)C(=O)Nc1cccnn1. The van der Waals surface area contributed by atoms with E-state index in [1.165, 1.54) is 6.20 Å². The van der Waals surface area contributed by atoms with E-state index in [-0.39, 0.29) is 5.91 Å². The van der Waals surface area contributed by atoms with Crippen LogP contribution in [-0.2, 0) is 4.79 Å². The highest BCUT2D eigenvalue weighted by Crippen LogP contribution is 1.99. The van der Waals surface area contributed by atoms with Crippen LogP contribution in [0.1, 0.15) is 6.42 Å². The molecule has 1 rings (SSSR count). The van der Waals surface area contributed by atoms with Gasteiger partial charge in [-0.1, -0.05) is 6.08 Å². The van der Waals surface area contributed by atoms with Crippen LogP contribution in [0, 0.1) is 0 Å². The Morgan fingerprint density at radius 1 is 1.79 bits per heavy atom. The van der Waals surface area contributed by atoms with Crippen molar-refractivity contribution < 1.29 is 4.79 Å². The summed E-state index contributed by atoms with van der Waals surface area (Å²) in [4.78, 5) is 11.4. The van der Waals surface area contributed by atoms with Gasteiger partial charge in [-0.2, -0.15) is 5.10 Å². The minimum Gasteiger partial charge on any atom is -0.320 e. The smallest absolute Gasteiger partial charge is 0.242 e. The van der Waals surface area contributed by atoms with Crippen LogP contribution in [0.4, 0.5) is 5.82 Å². The summed E-state index contributed by atoms with van der Waals surface area (Å²) in [5.74, 6) is 0.113. The Bertz CT molecular complexity index is 312. The van der Waals surface area contributed by atoms with Crippen LogP contribution in [-0.4, -0.2) is 22.1 Å². The number of nitrogens with two attached hydrogens (primary N) is 1. The zero-order valence-corrected chi connectivity index (χ0v) is 7.68. The quantitative estimate of drug-likeness (QED) is 0.673. The second kappa shape index (κ2) is 5.08. The van der Waals surface area contributed by atoms with Crippen molar-refractivity contribution in [2.24, 2.45) is 5.73 Å². The van der Waals surface area contributed by atoms with Crippen molar-refractivity contribution >= 4 is 11.7 Å². The predicted octanol–water partition coefficient (Wildman–Crippen LogP) is 0.318. The van der Waals surface area contributed by atoms with Gasteiger partial charge in [-0.3, -0.25) is 4.79 Å². The molecule has 0 saturated carbocycles. The lowest BCUT2D eigenvalue weighted by Crippen LogP contribution is -2.35. The van der Waals surface area contributed by atoms with E-state index in [0.29, 0.717) is 12.2 Å². The second-order valence-electron chi connectivity index (χ2n) is 2.73. The first kappa shape index (κ1) is 10.3. The van der Waals surface area contributed by atoms with Crippen LogP contribution in [0.15, 0.2) is 31.0 Å². The Balaban J connectivity index is 2.53. The molecule has 5 nitrogen and oxygen atoms in total. The van der Waals surface area contributed by atoms with Gasteiger partial charge in [0, 0.05) is 6.20 Å². The van der Waals surface area contributed by atoms with Crippen molar-refractivity contribution in [3.8, 4) is 0 Å². The summed E-state index contributed by atoms with van der Waals surface area (Å²) < 4.78 is 0. The molecule has 74 valence electrons. The summed E-state index contributed by atoms with van der Waals surface area (Å²) >= 11 is 0. The number of aromatic nitrogens is 2. The molecular weight excluding hydrogens is 180 g/mol. The average Bonchev–Trinajstić information content (AvgIpc) is 2.19. The molecule has 0 aliphatic heterocycles. The van der Waals surface area contributed by atoms with E-state index in [1.807, 2.05) is 0 Å². The third kappa shape index (κ3) is 2.95. The second-order valence-corrected chi connectivity index (χ2v) is 2.73. The number of carbonyl (C=O) groups excluding carboxylic acids is 1. The lowest BCUT2D eigenvalue weighted by molar-refractivity contribution is -0.117. The van der Waals surface area contributed by atoms with E-state index >= 15 is 0 Å². The Morgan fingerprint density at radius 3 is 3.14 bits per heavy atom. The molecule has 0 fully saturated rings. The third-order valence-electron chi connectivity index (χ3n) is 1.58. The van der Waals surface area contributed by atoms with E-state index in [2.05, 4.69) is 22.1 Å². The highest BCUT2D eigenvalue weighted by molar-refractivity contribution is 5.93. The Labute approximate surface area is 82.0 Å². The number of nitrogens with zero attached hydrogens (tertiary/aromatic N) is 2. The average molecular weight is 192 g/mol. The van der Waals surface area contributed by atoms with E-state index in [4.69, 9.17) is 5.73 Å². The number of carbonyl (C=O) groups is 1. The summed E-state index contributed by atoms with van der Waals surface area (Å²) in [6, 6.07) is 2.74. The van der Waals surface area contributed by atoms with Crippen molar-refractivity contribution in [1.82, 2.24) is 10.2 Å². The van der Waals surface area contributed by atoms with E-state index in [0.717, 1.165) is 0 Å². The van der Waals surface area contributed by atoms with Gasteiger partial charge in [0.05, 0.1) is 6.04 Å². The molecule has 0 aliphatic carbocycles. The first-order valence-electron chi connectivity index (χ1n) is 4.19. The molecule has 0 spiro atoms. The summed E-state index contributed by atoms with van der Waals surface area (Å²) in [5.41, 5.74) is 5.54. The fourth-order valence-electron chi connectivity index (χ4n) is 0.874. The molecule has 1 aromatic rings. The number of hydrogen-bond acceptors (Lipinski definition) is 4. The molecule has 0 aromatic carbocycles. The maximum absolute atomic E-state index is 11.4. The van der Waals surface area contributed by atoms with E-state index in [1.54, 1.807) is 18.2 Å². The number of rotatable bonds is 4. The summed E-state index contributed by atoms with van der Waals surface area (Å²) in [5, 5.41) is 9.86. The molecule has 1 unspecified atom stereocenters. The van der Waals surface area contributed by atoms with Gasteiger partial charge in [0.2, 0.25) is 5.91 Å². The molecule has 0 bridgehead atoms. The maximum atomic E-state index is 11.4. The molecule has 1 heterocycles. The summed E-state index contributed by atoms with van der Waals surface area (Å²) in [6.07, 6.45) is 3.56. The van der Waals surface area contributed by atoms with Gasteiger partial charge in [0.25, 0.3) is 0 Å². The monoisotopic (exact) mass is 192 g/mol. The third-order valence-corrected chi connectivity index (χ3v) is 1.58. The molecule has 0 radical (unpaired) electrons. The van der Waals surface area contributed by atoms with Crippen molar-refractivity contribution in [3.63, 3.8) is 0 Å². The number of amides is 1. The highest BCUT2D eigenvalue weighted by atomic mass is 16.2. The van der Waals surface area contributed by atoms with Gasteiger partial charge < -0.3 is 11.1 Å². The molecule has 0 saturated heterocycles. The van der Waals surface area contributed by atoms with Crippen LogP contribution in [0.5, 0.6) is 0 Å². The number of anilines is 1. The Hall–Kier alpha value is -1.75. The van der Waals surface area contributed by atoms with Crippen LogP contribution >= 0.6 is 0 Å². The normalized spacial score (nSPS) is 11.8. The minimum absolute atomic E-state index is 0.287. The standard InChI is InChI=1S/C9H12N4O/c1-2-4-7(10)9(14)12-8-5-3-6-11-13-8/h2-3,5-7H,1,4,10H2,(H,12,13,14). The van der Waals surface area contributed by atoms with Gasteiger partial charge in [-0.15, -0.1) is 11.7 Å². The first-order valence-corrected chi connectivity index (χ1v) is 4.19. The summed E-state index contributed by atoms with van der Waals surface area (Å²) in [7, 11) is 0. The Morgan fingerprint density at radius 2 is 2.57 bits per heavy atom. The van der Waals surface area contributed by atoms with Crippen molar-refractivity contribution in [1.29, 1.82) is 0 Å². The predicted molar refractivity (Wildman–Crippen MR) is 53.5 cm³/mol. The molecule has 1 amide bonds. The number of hydrogen-bond donors (Lipinski definition) is 2. The number of nitrogens with one attached hydrogen (secondary N) is 1. The first-order chi connectivity index (χ1) is 6.74. The zero-order chi connectivity index (χ0) is 10.4. The van der Waals surface area contributed by atoms with Crippen LogP contribution in [0.25, 0.3) is 0 Å². The minimum atomic E-state index is -0.588. The van der Waals surface area contributed by atoms with Crippen LogP contribution < -0.4 is 11.1 Å². The van der Waals surface area contributed by atoms with Gasteiger partial charge in [-0.25, -0.2) is 0 Å². The van der Waals surface area contributed by atoms with E-state index < -0.39 is 6.04 Å². The molecule has 5 heteroatoms. The maximum Gasteiger partial charge on any atom is 0.242 e. The van der Waals surface area contributed by atoms with Gasteiger partial charge in [-0.05, 0) is 18.6 Å². The zero-order valence-electron chi connectivity index (χ0n) is 7.68. The van der Waals surface area contributed by atoms with Gasteiger partial charge in [0.15, 0.2) is 5.82 Å². The summed E-state index contributed by atoms with van der Waals surface area (Å²) in [6.45, 7) is 3.50. The topological polar surface area (TPSA) is 80.9 Å². The highest BCUT2D eigenvalue weighted by Gasteiger charge is 2.11. The molecule has 1 atom stereocenters. The lowest BCUT2D eigenvalue weighted by atomic mass is 10.2.